The number of hydrogen-bond donors (Lipinski definition) is 0. The smallest absolute Gasteiger partial charge is 0.243 e. The molecule has 4 nitrogen and oxygen atoms in total. The molecule has 0 amide bonds. The summed E-state index contributed by atoms with van der Waals surface area (Å²) >= 11 is 3.29. The summed E-state index contributed by atoms with van der Waals surface area (Å²) in [6, 6.07) is 4.65. The van der Waals surface area contributed by atoms with Crippen molar-refractivity contribution < 1.29 is 17.5 Å². The highest BCUT2D eigenvalue weighted by Crippen LogP contribution is 2.23. The van der Waals surface area contributed by atoms with Gasteiger partial charge in [-0.3, -0.25) is 0 Å². The molecular formula is C12H15BrFNO3S. The van der Waals surface area contributed by atoms with Crippen molar-refractivity contribution in [1.82, 2.24) is 4.31 Å². The zero-order chi connectivity index (χ0) is 14.0. The lowest BCUT2D eigenvalue weighted by Crippen LogP contribution is -2.51. The molecule has 0 aromatic heterocycles. The molecule has 2 atom stereocenters. The highest BCUT2D eigenvalue weighted by molar-refractivity contribution is 9.09. The van der Waals surface area contributed by atoms with Gasteiger partial charge in [-0.15, -0.1) is 0 Å². The minimum absolute atomic E-state index is 0.107. The molecule has 106 valence electrons. The normalized spacial score (nSPS) is 25.4. The molecule has 0 radical (unpaired) electrons. The first-order valence-corrected chi connectivity index (χ1v) is 8.46. The van der Waals surface area contributed by atoms with Gasteiger partial charge >= 0.3 is 0 Å². The second-order valence-corrected chi connectivity index (χ2v) is 7.03. The van der Waals surface area contributed by atoms with E-state index in [1.54, 1.807) is 6.92 Å². The first-order valence-electron chi connectivity index (χ1n) is 5.90. The van der Waals surface area contributed by atoms with Crippen LogP contribution in [0.1, 0.15) is 6.92 Å². The molecule has 1 aliphatic rings. The van der Waals surface area contributed by atoms with Crippen LogP contribution in [0.25, 0.3) is 0 Å². The Kier molecular flexibility index (Phi) is 4.60. The van der Waals surface area contributed by atoms with Gasteiger partial charge in [0, 0.05) is 17.9 Å². The Morgan fingerprint density at radius 2 is 2.05 bits per heavy atom. The van der Waals surface area contributed by atoms with E-state index in [0.29, 0.717) is 18.5 Å². The molecule has 2 rings (SSSR count). The average molecular weight is 352 g/mol. The number of morpholine rings is 1. The van der Waals surface area contributed by atoms with E-state index in [2.05, 4.69) is 15.9 Å². The van der Waals surface area contributed by atoms with Crippen molar-refractivity contribution in [3.05, 3.63) is 30.1 Å². The number of benzene rings is 1. The van der Waals surface area contributed by atoms with E-state index in [-0.39, 0.29) is 17.0 Å². The minimum Gasteiger partial charge on any atom is -0.374 e. The molecule has 1 aromatic rings. The lowest BCUT2D eigenvalue weighted by molar-refractivity contribution is -0.0139. The predicted molar refractivity (Wildman–Crippen MR) is 73.3 cm³/mol. The van der Waals surface area contributed by atoms with Gasteiger partial charge in [0.2, 0.25) is 10.0 Å². The SMILES string of the molecule is CC1COC(CBr)CN1S(=O)(=O)c1ccc(F)cc1. The fraction of sp³-hybridized carbons (Fsp3) is 0.500. The van der Waals surface area contributed by atoms with E-state index in [4.69, 9.17) is 4.74 Å². The number of halogens is 2. The van der Waals surface area contributed by atoms with E-state index >= 15 is 0 Å². The Balaban J connectivity index is 2.29. The van der Waals surface area contributed by atoms with Crippen LogP contribution in [0.15, 0.2) is 29.2 Å². The number of ether oxygens (including phenoxy) is 1. The number of rotatable bonds is 3. The van der Waals surface area contributed by atoms with Gasteiger partial charge in [-0.2, -0.15) is 4.31 Å². The molecule has 0 aliphatic carbocycles. The molecule has 1 heterocycles. The highest BCUT2D eigenvalue weighted by atomic mass is 79.9. The maximum absolute atomic E-state index is 12.9. The van der Waals surface area contributed by atoms with E-state index in [1.807, 2.05) is 0 Å². The van der Waals surface area contributed by atoms with Crippen molar-refractivity contribution in [2.75, 3.05) is 18.5 Å². The number of hydrogen-bond acceptors (Lipinski definition) is 3. The van der Waals surface area contributed by atoms with Crippen molar-refractivity contribution in [3.8, 4) is 0 Å². The van der Waals surface area contributed by atoms with Gasteiger partial charge in [-0.1, -0.05) is 15.9 Å². The summed E-state index contributed by atoms with van der Waals surface area (Å²) in [6.07, 6.45) is -0.161. The van der Waals surface area contributed by atoms with Gasteiger partial charge in [0.15, 0.2) is 0 Å². The predicted octanol–water partition coefficient (Wildman–Crippen LogP) is 2.00. The van der Waals surface area contributed by atoms with Gasteiger partial charge < -0.3 is 4.74 Å². The molecule has 7 heteroatoms. The summed E-state index contributed by atoms with van der Waals surface area (Å²) in [5, 5.41) is 0.579. The third kappa shape index (κ3) is 3.16. The second-order valence-electron chi connectivity index (χ2n) is 4.49. The second kappa shape index (κ2) is 5.87. The van der Waals surface area contributed by atoms with Crippen LogP contribution in [-0.4, -0.2) is 43.4 Å². The first-order chi connectivity index (χ1) is 8.95. The van der Waals surface area contributed by atoms with E-state index in [1.165, 1.54) is 16.4 Å². The van der Waals surface area contributed by atoms with Crippen molar-refractivity contribution in [1.29, 1.82) is 0 Å². The van der Waals surface area contributed by atoms with Crippen LogP contribution in [0.2, 0.25) is 0 Å². The molecule has 0 bridgehead atoms. The summed E-state index contributed by atoms with van der Waals surface area (Å²) < 4.78 is 44.8. The number of alkyl halides is 1. The summed E-state index contributed by atoms with van der Waals surface area (Å²) in [6.45, 7) is 2.45. The van der Waals surface area contributed by atoms with Crippen LogP contribution in [0.3, 0.4) is 0 Å². The summed E-state index contributed by atoms with van der Waals surface area (Å²) in [7, 11) is -3.61. The van der Waals surface area contributed by atoms with Gasteiger partial charge in [0.1, 0.15) is 5.82 Å². The van der Waals surface area contributed by atoms with Crippen LogP contribution >= 0.6 is 15.9 Å². The van der Waals surface area contributed by atoms with Crippen LogP contribution in [0, 0.1) is 5.82 Å². The molecule has 1 saturated heterocycles. The molecule has 1 aliphatic heterocycles. The van der Waals surface area contributed by atoms with Crippen molar-refractivity contribution in [3.63, 3.8) is 0 Å². The average Bonchev–Trinajstić information content (AvgIpc) is 2.39. The third-order valence-corrected chi connectivity index (χ3v) is 5.76. The van der Waals surface area contributed by atoms with E-state index < -0.39 is 15.8 Å². The Hall–Kier alpha value is -0.500. The van der Waals surface area contributed by atoms with Gasteiger partial charge in [-0.05, 0) is 31.2 Å². The third-order valence-electron chi connectivity index (χ3n) is 3.04. The van der Waals surface area contributed by atoms with Crippen LogP contribution in [-0.2, 0) is 14.8 Å². The topological polar surface area (TPSA) is 46.6 Å². The Morgan fingerprint density at radius 3 is 2.63 bits per heavy atom. The first kappa shape index (κ1) is 14.9. The van der Waals surface area contributed by atoms with E-state index in [0.717, 1.165) is 12.1 Å². The lowest BCUT2D eigenvalue weighted by Gasteiger charge is -2.36. The minimum atomic E-state index is -3.61. The van der Waals surface area contributed by atoms with Crippen LogP contribution < -0.4 is 0 Å². The Morgan fingerprint density at radius 1 is 1.42 bits per heavy atom. The molecule has 19 heavy (non-hydrogen) atoms. The van der Waals surface area contributed by atoms with Gasteiger partial charge in [-0.25, -0.2) is 12.8 Å². The van der Waals surface area contributed by atoms with E-state index in [9.17, 15) is 12.8 Å². The quantitative estimate of drug-likeness (QED) is 0.782. The monoisotopic (exact) mass is 351 g/mol. The summed E-state index contributed by atoms with van der Waals surface area (Å²) in [5.74, 6) is -0.452. The van der Waals surface area contributed by atoms with Gasteiger partial charge in [0.25, 0.3) is 0 Å². The van der Waals surface area contributed by atoms with Crippen LogP contribution in [0.4, 0.5) is 4.39 Å². The molecule has 1 fully saturated rings. The Labute approximate surface area is 120 Å². The van der Waals surface area contributed by atoms with Crippen molar-refractivity contribution in [2.45, 2.75) is 24.0 Å². The zero-order valence-electron chi connectivity index (χ0n) is 10.4. The maximum atomic E-state index is 12.9. The summed E-state index contributed by atoms with van der Waals surface area (Å²) in [4.78, 5) is 0.107. The zero-order valence-corrected chi connectivity index (χ0v) is 12.8. The standard InChI is InChI=1S/C12H15BrFNO3S/c1-9-8-18-11(6-13)7-15(9)19(16,17)12-4-2-10(14)3-5-12/h2-5,9,11H,6-8H2,1H3. The molecular weight excluding hydrogens is 337 g/mol. The van der Waals surface area contributed by atoms with Crippen molar-refractivity contribution >= 4 is 26.0 Å². The summed E-state index contributed by atoms with van der Waals surface area (Å²) in [5.41, 5.74) is 0. The molecule has 0 N–H and O–H groups in total. The maximum Gasteiger partial charge on any atom is 0.243 e. The fourth-order valence-electron chi connectivity index (χ4n) is 1.96. The van der Waals surface area contributed by atoms with Crippen molar-refractivity contribution in [2.24, 2.45) is 0 Å². The van der Waals surface area contributed by atoms with Crippen LogP contribution in [0.5, 0.6) is 0 Å². The largest absolute Gasteiger partial charge is 0.374 e. The number of sulfonamides is 1. The lowest BCUT2D eigenvalue weighted by atomic mass is 10.2. The Bertz CT molecular complexity index is 534. The molecule has 1 aromatic carbocycles. The molecule has 2 unspecified atom stereocenters. The number of nitrogens with zero attached hydrogens (tertiary/aromatic N) is 1. The highest BCUT2D eigenvalue weighted by Gasteiger charge is 2.35. The fourth-order valence-corrected chi connectivity index (χ4v) is 4.00. The molecule has 0 spiro atoms. The van der Waals surface area contributed by atoms with Gasteiger partial charge in [0.05, 0.1) is 17.6 Å². The molecule has 0 saturated carbocycles.